The number of fused-ring (bicyclic) bond motifs is 1. The zero-order chi connectivity index (χ0) is 19.0. The summed E-state index contributed by atoms with van der Waals surface area (Å²) in [5.74, 6) is 0.675. The Morgan fingerprint density at radius 2 is 1.70 bits per heavy atom. The maximum Gasteiger partial charge on any atom is 0.269 e. The van der Waals surface area contributed by atoms with E-state index in [1.165, 1.54) is 28.2 Å². The lowest BCUT2D eigenvalue weighted by Gasteiger charge is -2.23. The van der Waals surface area contributed by atoms with Gasteiger partial charge in [0.25, 0.3) is 5.69 Å². The molecule has 8 heteroatoms. The number of sulfonamides is 1. The van der Waals surface area contributed by atoms with Crippen molar-refractivity contribution in [3.8, 4) is 0 Å². The highest BCUT2D eigenvalue weighted by atomic mass is 32.2. The van der Waals surface area contributed by atoms with Crippen LogP contribution in [-0.4, -0.2) is 29.9 Å². The second-order valence-corrected chi connectivity index (χ2v) is 9.28. The molecule has 0 spiro atoms. The Morgan fingerprint density at radius 1 is 1.00 bits per heavy atom. The Hall–Kier alpha value is -2.42. The van der Waals surface area contributed by atoms with Crippen LogP contribution in [0.1, 0.15) is 10.9 Å². The van der Waals surface area contributed by atoms with Crippen molar-refractivity contribution in [2.45, 2.75) is 10.3 Å². The highest BCUT2D eigenvalue weighted by Gasteiger charge is 2.37. The second-order valence-electron chi connectivity index (χ2n) is 6.20. The number of thioether (sulfide) groups is 1. The maximum absolute atomic E-state index is 13.2. The molecule has 0 amide bonds. The minimum Gasteiger partial charge on any atom is -0.258 e. The van der Waals surface area contributed by atoms with Crippen LogP contribution in [0.4, 0.5) is 5.69 Å². The number of nitrogens with zero attached hydrogens (tertiary/aromatic N) is 2. The van der Waals surface area contributed by atoms with Crippen LogP contribution in [0.3, 0.4) is 0 Å². The molecular weight excluding hydrogens is 384 g/mol. The van der Waals surface area contributed by atoms with Gasteiger partial charge in [0.1, 0.15) is 0 Å². The van der Waals surface area contributed by atoms with E-state index in [0.717, 1.165) is 16.3 Å². The first-order valence-corrected chi connectivity index (χ1v) is 10.8. The van der Waals surface area contributed by atoms with Crippen LogP contribution in [0.15, 0.2) is 71.6 Å². The number of hydrogen-bond acceptors (Lipinski definition) is 5. The van der Waals surface area contributed by atoms with Gasteiger partial charge < -0.3 is 0 Å². The van der Waals surface area contributed by atoms with Crippen molar-refractivity contribution in [2.24, 2.45) is 0 Å². The van der Waals surface area contributed by atoms with Crippen molar-refractivity contribution in [1.29, 1.82) is 0 Å². The minimum absolute atomic E-state index is 0.00863. The van der Waals surface area contributed by atoms with E-state index in [4.69, 9.17) is 0 Å². The van der Waals surface area contributed by atoms with Gasteiger partial charge in [0.15, 0.2) is 0 Å². The Balaban J connectivity index is 1.69. The molecule has 3 aromatic carbocycles. The number of non-ortho nitro benzene ring substituents is 1. The molecule has 0 N–H and O–H groups in total. The molecule has 0 aromatic heterocycles. The van der Waals surface area contributed by atoms with Gasteiger partial charge in [-0.05, 0) is 40.6 Å². The van der Waals surface area contributed by atoms with E-state index < -0.39 is 14.9 Å². The van der Waals surface area contributed by atoms with E-state index >= 15 is 0 Å². The van der Waals surface area contributed by atoms with Crippen molar-refractivity contribution in [1.82, 2.24) is 4.31 Å². The third-order valence-corrected chi connectivity index (χ3v) is 7.82. The topological polar surface area (TPSA) is 80.5 Å². The first-order valence-electron chi connectivity index (χ1n) is 8.33. The van der Waals surface area contributed by atoms with Gasteiger partial charge in [0, 0.05) is 24.4 Å². The quantitative estimate of drug-likeness (QED) is 0.485. The molecule has 6 nitrogen and oxygen atoms in total. The number of benzene rings is 3. The average molecular weight is 400 g/mol. The monoisotopic (exact) mass is 400 g/mol. The molecule has 4 rings (SSSR count). The molecule has 1 aliphatic rings. The zero-order valence-electron chi connectivity index (χ0n) is 14.2. The number of nitro benzene ring substituents is 1. The van der Waals surface area contributed by atoms with Gasteiger partial charge in [-0.2, -0.15) is 4.31 Å². The summed E-state index contributed by atoms with van der Waals surface area (Å²) in [5.41, 5.74) is 0.734. The molecule has 1 aliphatic heterocycles. The van der Waals surface area contributed by atoms with Gasteiger partial charge in [0.2, 0.25) is 10.0 Å². The molecule has 1 saturated heterocycles. The standard InChI is InChI=1S/C19H16N2O4S2/c22-21(23)17-8-5-15(6-9-17)19-20(11-12-26-19)27(24,25)18-10-7-14-3-1-2-4-16(14)13-18/h1-10,13,19H,11-12H2/t19-/m1/s1. The van der Waals surface area contributed by atoms with Gasteiger partial charge in [-0.15, -0.1) is 11.8 Å². The predicted molar refractivity (Wildman–Crippen MR) is 106 cm³/mol. The lowest BCUT2D eigenvalue weighted by Crippen LogP contribution is -2.30. The zero-order valence-corrected chi connectivity index (χ0v) is 15.8. The third kappa shape index (κ3) is 3.31. The van der Waals surface area contributed by atoms with E-state index in [1.807, 2.05) is 30.3 Å². The van der Waals surface area contributed by atoms with E-state index in [0.29, 0.717) is 12.3 Å². The average Bonchev–Trinajstić information content (AvgIpc) is 3.18. The summed E-state index contributed by atoms with van der Waals surface area (Å²) in [7, 11) is -3.68. The summed E-state index contributed by atoms with van der Waals surface area (Å²) >= 11 is 1.52. The summed E-state index contributed by atoms with van der Waals surface area (Å²) in [6.07, 6.45) is 0. The van der Waals surface area contributed by atoms with E-state index in [1.54, 1.807) is 24.3 Å². The molecule has 1 heterocycles. The normalized spacial score (nSPS) is 18.0. The Bertz CT molecular complexity index is 1110. The van der Waals surface area contributed by atoms with Crippen LogP contribution in [0.5, 0.6) is 0 Å². The lowest BCUT2D eigenvalue weighted by atomic mass is 10.1. The summed E-state index contributed by atoms with van der Waals surface area (Å²) < 4.78 is 28.0. The highest BCUT2D eigenvalue weighted by molar-refractivity contribution is 8.01. The Labute approximate surface area is 161 Å². The smallest absolute Gasteiger partial charge is 0.258 e. The number of nitro groups is 1. The second kappa shape index (κ2) is 6.95. The molecule has 1 fully saturated rings. The molecule has 1 atom stereocenters. The first kappa shape index (κ1) is 18.0. The molecule has 0 saturated carbocycles. The van der Waals surface area contributed by atoms with Crippen LogP contribution in [0.2, 0.25) is 0 Å². The third-order valence-electron chi connectivity index (χ3n) is 4.57. The summed E-state index contributed by atoms with van der Waals surface area (Å²) in [5, 5.41) is 12.3. The van der Waals surface area contributed by atoms with Gasteiger partial charge in [-0.25, -0.2) is 8.42 Å². The fourth-order valence-electron chi connectivity index (χ4n) is 3.19. The van der Waals surface area contributed by atoms with Crippen molar-refractivity contribution in [3.63, 3.8) is 0 Å². The Kier molecular flexibility index (Phi) is 4.63. The number of hydrogen-bond donors (Lipinski definition) is 0. The number of rotatable bonds is 4. The molecule has 3 aromatic rings. The van der Waals surface area contributed by atoms with Crippen molar-refractivity contribution in [2.75, 3.05) is 12.3 Å². The first-order chi connectivity index (χ1) is 13.0. The largest absolute Gasteiger partial charge is 0.269 e. The van der Waals surface area contributed by atoms with Crippen molar-refractivity contribution < 1.29 is 13.3 Å². The molecule has 0 bridgehead atoms. The summed E-state index contributed by atoms with van der Waals surface area (Å²) in [6, 6.07) is 18.8. The Morgan fingerprint density at radius 3 is 2.41 bits per heavy atom. The van der Waals surface area contributed by atoms with Crippen molar-refractivity contribution >= 4 is 38.2 Å². The minimum atomic E-state index is -3.68. The molecule has 27 heavy (non-hydrogen) atoms. The fourth-order valence-corrected chi connectivity index (χ4v) is 6.46. The molecule has 0 aliphatic carbocycles. The van der Waals surface area contributed by atoms with Gasteiger partial charge in [0.05, 0.1) is 15.2 Å². The van der Waals surface area contributed by atoms with Gasteiger partial charge in [-0.1, -0.05) is 30.3 Å². The summed E-state index contributed by atoms with van der Waals surface area (Å²) in [6.45, 7) is 0.404. The molecule has 138 valence electrons. The predicted octanol–water partition coefficient (Wildman–Crippen LogP) is 4.18. The van der Waals surface area contributed by atoms with Gasteiger partial charge >= 0.3 is 0 Å². The van der Waals surface area contributed by atoms with Crippen LogP contribution in [0.25, 0.3) is 10.8 Å². The van der Waals surface area contributed by atoms with Crippen LogP contribution >= 0.6 is 11.8 Å². The highest BCUT2D eigenvalue weighted by Crippen LogP contribution is 2.42. The van der Waals surface area contributed by atoms with E-state index in [2.05, 4.69) is 0 Å². The van der Waals surface area contributed by atoms with Crippen molar-refractivity contribution in [3.05, 3.63) is 82.4 Å². The molecular formula is C19H16N2O4S2. The van der Waals surface area contributed by atoms with Gasteiger partial charge in [-0.3, -0.25) is 10.1 Å². The molecule has 0 unspecified atom stereocenters. The maximum atomic E-state index is 13.2. The van der Waals surface area contributed by atoms with E-state index in [-0.39, 0.29) is 16.0 Å². The van der Waals surface area contributed by atoms with Crippen LogP contribution in [0, 0.1) is 10.1 Å². The van der Waals surface area contributed by atoms with Crippen LogP contribution < -0.4 is 0 Å². The SMILES string of the molecule is O=[N+]([O-])c1ccc([C@H]2SCCN2S(=O)(=O)c2ccc3ccccc3c2)cc1. The van der Waals surface area contributed by atoms with Crippen LogP contribution in [-0.2, 0) is 10.0 Å². The fraction of sp³-hybridized carbons (Fsp3) is 0.158. The molecule has 0 radical (unpaired) electrons. The summed E-state index contributed by atoms with van der Waals surface area (Å²) in [4.78, 5) is 10.6. The lowest BCUT2D eigenvalue weighted by molar-refractivity contribution is -0.384. The van der Waals surface area contributed by atoms with E-state index in [9.17, 15) is 18.5 Å².